The monoisotopic (exact) mass is 287 g/mol. The van der Waals surface area contributed by atoms with Gasteiger partial charge in [-0.15, -0.1) is 0 Å². The van der Waals surface area contributed by atoms with E-state index in [1.807, 2.05) is 0 Å². The minimum absolute atomic E-state index is 0.170. The first-order valence-corrected chi connectivity index (χ1v) is 6.04. The van der Waals surface area contributed by atoms with Crippen LogP contribution in [0, 0.1) is 23.4 Å². The highest BCUT2D eigenvalue weighted by Gasteiger charge is 2.30. The summed E-state index contributed by atoms with van der Waals surface area (Å²) in [6.07, 6.45) is 1.73. The van der Waals surface area contributed by atoms with Gasteiger partial charge in [0.15, 0.2) is 17.5 Å². The van der Waals surface area contributed by atoms with E-state index < -0.39 is 41.4 Å². The van der Waals surface area contributed by atoms with Gasteiger partial charge in [0.1, 0.15) is 6.54 Å². The molecule has 0 saturated heterocycles. The Morgan fingerprint density at radius 2 is 1.85 bits per heavy atom. The molecule has 2 rings (SSSR count). The average Bonchev–Trinajstić information content (AvgIpc) is 3.18. The fourth-order valence-corrected chi connectivity index (χ4v) is 1.86. The molecule has 0 heterocycles. The van der Waals surface area contributed by atoms with Gasteiger partial charge in [0, 0.05) is 6.54 Å². The normalized spacial score (nSPS) is 14.2. The van der Waals surface area contributed by atoms with Gasteiger partial charge >= 0.3 is 5.97 Å². The van der Waals surface area contributed by atoms with Crippen molar-refractivity contribution < 1.29 is 27.9 Å². The number of carbonyl (C=O) groups excluding carboxylic acids is 1. The molecule has 1 aromatic rings. The molecule has 0 bridgehead atoms. The van der Waals surface area contributed by atoms with Gasteiger partial charge in [0.05, 0.1) is 5.56 Å². The molecule has 1 N–H and O–H groups in total. The molecule has 4 nitrogen and oxygen atoms in total. The van der Waals surface area contributed by atoms with E-state index in [4.69, 9.17) is 5.11 Å². The van der Waals surface area contributed by atoms with Crippen LogP contribution >= 0.6 is 0 Å². The van der Waals surface area contributed by atoms with E-state index in [1.54, 1.807) is 0 Å². The zero-order valence-electron chi connectivity index (χ0n) is 10.4. The van der Waals surface area contributed by atoms with Gasteiger partial charge in [0.2, 0.25) is 0 Å². The smallest absolute Gasteiger partial charge is 0.323 e. The minimum Gasteiger partial charge on any atom is -0.480 e. The van der Waals surface area contributed by atoms with Crippen molar-refractivity contribution in [1.29, 1.82) is 0 Å². The van der Waals surface area contributed by atoms with Crippen molar-refractivity contribution in [3.8, 4) is 0 Å². The van der Waals surface area contributed by atoms with Crippen LogP contribution in [0.1, 0.15) is 23.2 Å². The van der Waals surface area contributed by atoms with Crippen LogP contribution in [0.25, 0.3) is 0 Å². The zero-order valence-corrected chi connectivity index (χ0v) is 10.4. The van der Waals surface area contributed by atoms with Gasteiger partial charge in [-0.3, -0.25) is 9.59 Å². The number of nitrogens with zero attached hydrogens (tertiary/aromatic N) is 1. The molecular formula is C13H12F3NO3. The number of amides is 1. The molecule has 0 aromatic heterocycles. The largest absolute Gasteiger partial charge is 0.480 e. The van der Waals surface area contributed by atoms with Crippen LogP contribution in [0.4, 0.5) is 13.2 Å². The van der Waals surface area contributed by atoms with Crippen LogP contribution < -0.4 is 0 Å². The van der Waals surface area contributed by atoms with E-state index in [9.17, 15) is 22.8 Å². The highest BCUT2D eigenvalue weighted by atomic mass is 19.2. The number of halogens is 3. The highest BCUT2D eigenvalue weighted by molar-refractivity contribution is 5.96. The molecule has 1 amide bonds. The lowest BCUT2D eigenvalue weighted by Crippen LogP contribution is -2.37. The van der Waals surface area contributed by atoms with E-state index in [0.29, 0.717) is 6.07 Å². The minimum atomic E-state index is -1.74. The fourth-order valence-electron chi connectivity index (χ4n) is 1.86. The molecule has 7 heteroatoms. The van der Waals surface area contributed by atoms with Crippen LogP contribution in [0.2, 0.25) is 0 Å². The summed E-state index contributed by atoms with van der Waals surface area (Å²) in [5, 5.41) is 8.76. The molecule has 1 fully saturated rings. The van der Waals surface area contributed by atoms with E-state index in [-0.39, 0.29) is 12.5 Å². The highest BCUT2D eigenvalue weighted by Crippen LogP contribution is 2.30. The summed E-state index contributed by atoms with van der Waals surface area (Å²) in [4.78, 5) is 23.7. The van der Waals surface area contributed by atoms with Crippen molar-refractivity contribution in [3.05, 3.63) is 35.1 Å². The first-order valence-electron chi connectivity index (χ1n) is 6.04. The maximum absolute atomic E-state index is 13.6. The Bertz CT molecular complexity index is 558. The fraction of sp³-hybridized carbons (Fsp3) is 0.385. The summed E-state index contributed by atoms with van der Waals surface area (Å²) in [6.45, 7) is -0.433. The van der Waals surface area contributed by atoms with Crippen molar-refractivity contribution in [1.82, 2.24) is 4.90 Å². The molecule has 1 aliphatic carbocycles. The lowest BCUT2D eigenvalue weighted by molar-refractivity contribution is -0.137. The van der Waals surface area contributed by atoms with Crippen molar-refractivity contribution in [3.63, 3.8) is 0 Å². The third-order valence-corrected chi connectivity index (χ3v) is 3.05. The van der Waals surface area contributed by atoms with Crippen molar-refractivity contribution in [2.45, 2.75) is 12.8 Å². The Morgan fingerprint density at radius 1 is 1.20 bits per heavy atom. The molecule has 20 heavy (non-hydrogen) atoms. The molecule has 1 saturated carbocycles. The third-order valence-electron chi connectivity index (χ3n) is 3.05. The Hall–Kier alpha value is -2.05. The van der Waals surface area contributed by atoms with Crippen molar-refractivity contribution in [2.75, 3.05) is 13.1 Å². The first kappa shape index (κ1) is 14.4. The second-order valence-corrected chi connectivity index (χ2v) is 4.75. The molecule has 1 aromatic carbocycles. The predicted octanol–water partition coefficient (Wildman–Crippen LogP) is 2.04. The number of rotatable bonds is 5. The Kier molecular flexibility index (Phi) is 3.96. The number of aliphatic carboxylic acids is 1. The maximum Gasteiger partial charge on any atom is 0.323 e. The average molecular weight is 287 g/mol. The van der Waals surface area contributed by atoms with Gasteiger partial charge in [-0.05, 0) is 30.9 Å². The van der Waals surface area contributed by atoms with Crippen LogP contribution in [0.3, 0.4) is 0 Å². The molecule has 1 aliphatic rings. The maximum atomic E-state index is 13.6. The molecule has 108 valence electrons. The second kappa shape index (κ2) is 5.52. The van der Waals surface area contributed by atoms with Gasteiger partial charge in [0.25, 0.3) is 5.91 Å². The molecule has 0 unspecified atom stereocenters. The first-order chi connectivity index (χ1) is 9.40. The number of hydrogen-bond donors (Lipinski definition) is 1. The zero-order chi connectivity index (χ0) is 14.9. The SMILES string of the molecule is O=C(O)CN(CC1CC1)C(=O)c1ccc(F)c(F)c1F. The molecule has 0 atom stereocenters. The van der Waals surface area contributed by atoms with Gasteiger partial charge in [-0.2, -0.15) is 0 Å². The summed E-state index contributed by atoms with van der Waals surface area (Å²) < 4.78 is 39.5. The van der Waals surface area contributed by atoms with Crippen LogP contribution in [-0.2, 0) is 4.79 Å². The lowest BCUT2D eigenvalue weighted by Gasteiger charge is -2.21. The summed E-state index contributed by atoms with van der Waals surface area (Å²) in [6, 6.07) is 1.46. The van der Waals surface area contributed by atoms with Crippen molar-refractivity contribution in [2.24, 2.45) is 5.92 Å². The van der Waals surface area contributed by atoms with Gasteiger partial charge in [-0.25, -0.2) is 13.2 Å². The predicted molar refractivity (Wildman–Crippen MR) is 62.6 cm³/mol. The number of carboxylic acid groups (broad SMARTS) is 1. The number of hydrogen-bond acceptors (Lipinski definition) is 2. The van der Waals surface area contributed by atoms with Crippen LogP contribution in [0.5, 0.6) is 0 Å². The van der Waals surface area contributed by atoms with Gasteiger partial charge in [-0.1, -0.05) is 0 Å². The third kappa shape index (κ3) is 3.09. The van der Waals surface area contributed by atoms with E-state index in [0.717, 1.165) is 23.8 Å². The van der Waals surface area contributed by atoms with Crippen molar-refractivity contribution >= 4 is 11.9 Å². The standard InChI is InChI=1S/C13H12F3NO3/c14-9-4-3-8(11(15)12(9)16)13(20)17(6-10(18)19)5-7-1-2-7/h3-4,7H,1-2,5-6H2,(H,18,19). The summed E-state index contributed by atoms with van der Waals surface area (Å²) >= 11 is 0. The number of benzene rings is 1. The van der Waals surface area contributed by atoms with Crippen LogP contribution in [0.15, 0.2) is 12.1 Å². The summed E-state index contributed by atoms with van der Waals surface area (Å²) in [7, 11) is 0. The lowest BCUT2D eigenvalue weighted by atomic mass is 10.1. The topological polar surface area (TPSA) is 57.6 Å². The quantitative estimate of drug-likeness (QED) is 0.843. The number of carbonyl (C=O) groups is 2. The molecule has 0 radical (unpaired) electrons. The molecular weight excluding hydrogens is 275 g/mol. The van der Waals surface area contributed by atoms with E-state index in [1.165, 1.54) is 0 Å². The van der Waals surface area contributed by atoms with E-state index >= 15 is 0 Å². The Balaban J connectivity index is 2.26. The van der Waals surface area contributed by atoms with Gasteiger partial charge < -0.3 is 10.0 Å². The molecule has 0 aliphatic heterocycles. The second-order valence-electron chi connectivity index (χ2n) is 4.75. The Morgan fingerprint density at radius 3 is 2.40 bits per heavy atom. The summed E-state index contributed by atoms with van der Waals surface area (Å²) in [5.74, 6) is -6.74. The van der Waals surface area contributed by atoms with Crippen LogP contribution in [-0.4, -0.2) is 35.0 Å². The summed E-state index contributed by atoms with van der Waals surface area (Å²) in [5.41, 5.74) is -0.661. The molecule has 0 spiro atoms. The Labute approximate surface area is 112 Å². The number of carboxylic acids is 1. The van der Waals surface area contributed by atoms with E-state index in [2.05, 4.69) is 0 Å².